The first-order chi connectivity index (χ1) is 8.70. The fourth-order valence-electron chi connectivity index (χ4n) is 3.01. The molecule has 2 aliphatic heterocycles. The number of hydrogen-bond donors (Lipinski definition) is 2. The zero-order chi connectivity index (χ0) is 12.5. The molecule has 1 aliphatic carbocycles. The van der Waals surface area contributed by atoms with E-state index in [-0.39, 0.29) is 6.04 Å². The highest BCUT2D eigenvalue weighted by molar-refractivity contribution is 5.73. The Morgan fingerprint density at radius 3 is 2.50 bits per heavy atom. The van der Waals surface area contributed by atoms with Gasteiger partial charge in [0.25, 0.3) is 0 Å². The number of likely N-dealkylation sites (tertiary alicyclic amines) is 1. The molecule has 0 aromatic carbocycles. The molecule has 3 unspecified atom stereocenters. The maximum Gasteiger partial charge on any atom is 0.320 e. The molecule has 2 heterocycles. The lowest BCUT2D eigenvalue weighted by atomic mass is 10.2. The summed E-state index contributed by atoms with van der Waals surface area (Å²) < 4.78 is 5.78. The third kappa shape index (κ3) is 3.02. The molecule has 0 aromatic heterocycles. The number of morpholine rings is 1. The minimum Gasteiger partial charge on any atom is -0.480 e. The molecule has 0 amide bonds. The van der Waals surface area contributed by atoms with Gasteiger partial charge in [-0.25, -0.2) is 0 Å². The van der Waals surface area contributed by atoms with Gasteiger partial charge < -0.3 is 15.2 Å². The van der Waals surface area contributed by atoms with Crippen LogP contribution in [0.15, 0.2) is 0 Å². The number of carbonyl (C=O) groups is 1. The number of nitrogens with one attached hydrogen (secondary N) is 1. The Balaban J connectivity index is 1.45. The quantitative estimate of drug-likeness (QED) is 0.720. The van der Waals surface area contributed by atoms with Crippen molar-refractivity contribution in [3.05, 3.63) is 0 Å². The first-order valence-electron chi connectivity index (χ1n) is 7.07. The van der Waals surface area contributed by atoms with E-state index < -0.39 is 5.97 Å². The van der Waals surface area contributed by atoms with Crippen LogP contribution in [-0.2, 0) is 9.53 Å². The molecule has 0 spiro atoms. The van der Waals surface area contributed by atoms with Gasteiger partial charge in [0.05, 0.1) is 12.2 Å². The van der Waals surface area contributed by atoms with Crippen LogP contribution in [0.5, 0.6) is 0 Å². The van der Waals surface area contributed by atoms with Gasteiger partial charge >= 0.3 is 5.97 Å². The Hall–Kier alpha value is -0.650. The second-order valence-corrected chi connectivity index (χ2v) is 5.84. The maximum absolute atomic E-state index is 11.2. The fraction of sp³-hybridized carbons (Fsp3) is 0.923. The van der Waals surface area contributed by atoms with Gasteiger partial charge in [-0.3, -0.25) is 9.69 Å². The summed E-state index contributed by atoms with van der Waals surface area (Å²) in [6.45, 7) is 2.82. The van der Waals surface area contributed by atoms with Gasteiger partial charge in [0.1, 0.15) is 6.04 Å². The third-order valence-electron chi connectivity index (χ3n) is 4.17. The van der Waals surface area contributed by atoms with Crippen LogP contribution in [0.3, 0.4) is 0 Å². The summed E-state index contributed by atoms with van der Waals surface area (Å²) in [5, 5.41) is 12.4. The van der Waals surface area contributed by atoms with Gasteiger partial charge in [-0.2, -0.15) is 0 Å². The fourth-order valence-corrected chi connectivity index (χ4v) is 3.01. The van der Waals surface area contributed by atoms with Crippen LogP contribution >= 0.6 is 0 Å². The number of nitrogens with zero attached hydrogens (tertiary/aromatic N) is 1. The second-order valence-electron chi connectivity index (χ2n) is 5.84. The summed E-state index contributed by atoms with van der Waals surface area (Å²) in [7, 11) is 0. The van der Waals surface area contributed by atoms with Crippen molar-refractivity contribution in [1.82, 2.24) is 10.2 Å². The summed E-state index contributed by atoms with van der Waals surface area (Å²) in [4.78, 5) is 13.5. The van der Waals surface area contributed by atoms with Crippen LogP contribution in [0.4, 0.5) is 0 Å². The molecule has 1 saturated carbocycles. The van der Waals surface area contributed by atoms with E-state index in [0.717, 1.165) is 32.5 Å². The van der Waals surface area contributed by atoms with E-state index in [2.05, 4.69) is 10.2 Å². The number of rotatable bonds is 6. The van der Waals surface area contributed by atoms with Gasteiger partial charge in [0, 0.05) is 25.7 Å². The van der Waals surface area contributed by atoms with E-state index in [0.29, 0.717) is 24.7 Å². The zero-order valence-corrected chi connectivity index (χ0v) is 10.7. The number of carboxylic acid groups (broad SMARTS) is 1. The SMILES string of the molecule is O=C(O)C(CCN1CC2CCC(C1)O2)NC1CC1. The predicted molar refractivity (Wildman–Crippen MR) is 66.5 cm³/mol. The lowest BCUT2D eigenvalue weighted by Crippen LogP contribution is -2.46. The second kappa shape index (κ2) is 5.15. The molecule has 3 atom stereocenters. The Bertz CT molecular complexity index is 307. The smallest absolute Gasteiger partial charge is 0.320 e. The molecule has 18 heavy (non-hydrogen) atoms. The molecule has 102 valence electrons. The summed E-state index contributed by atoms with van der Waals surface area (Å²) in [6.07, 6.45) is 6.09. The van der Waals surface area contributed by atoms with Crippen LogP contribution < -0.4 is 5.32 Å². The summed E-state index contributed by atoms with van der Waals surface area (Å²) in [6, 6.07) is 0.0740. The summed E-state index contributed by atoms with van der Waals surface area (Å²) >= 11 is 0. The predicted octanol–water partition coefficient (Wildman–Crippen LogP) is 0.445. The maximum atomic E-state index is 11.2. The largest absolute Gasteiger partial charge is 0.480 e. The van der Waals surface area contributed by atoms with Gasteiger partial charge in [-0.05, 0) is 32.1 Å². The molecule has 3 aliphatic rings. The van der Waals surface area contributed by atoms with Crippen LogP contribution in [0.2, 0.25) is 0 Å². The Morgan fingerprint density at radius 2 is 1.94 bits per heavy atom. The van der Waals surface area contributed by atoms with Crippen LogP contribution in [0.1, 0.15) is 32.1 Å². The number of fused-ring (bicyclic) bond motifs is 2. The molecule has 2 bridgehead atoms. The van der Waals surface area contributed by atoms with Crippen molar-refractivity contribution < 1.29 is 14.6 Å². The first kappa shape index (κ1) is 12.4. The Morgan fingerprint density at radius 1 is 1.28 bits per heavy atom. The number of carboxylic acids is 1. The highest BCUT2D eigenvalue weighted by atomic mass is 16.5. The van der Waals surface area contributed by atoms with E-state index in [1.54, 1.807) is 0 Å². The molecule has 2 saturated heterocycles. The van der Waals surface area contributed by atoms with E-state index in [9.17, 15) is 9.90 Å². The van der Waals surface area contributed by atoms with Gasteiger partial charge in [-0.1, -0.05) is 0 Å². The third-order valence-corrected chi connectivity index (χ3v) is 4.17. The molecule has 0 aromatic rings. The van der Waals surface area contributed by atoms with Crippen molar-refractivity contribution in [1.29, 1.82) is 0 Å². The Kier molecular flexibility index (Phi) is 3.54. The van der Waals surface area contributed by atoms with E-state index >= 15 is 0 Å². The normalized spacial score (nSPS) is 33.6. The van der Waals surface area contributed by atoms with Crippen molar-refractivity contribution >= 4 is 5.97 Å². The van der Waals surface area contributed by atoms with Crippen LogP contribution in [0.25, 0.3) is 0 Å². The average Bonchev–Trinajstić information content (AvgIpc) is 3.09. The summed E-state index contributed by atoms with van der Waals surface area (Å²) in [5.41, 5.74) is 0. The highest BCUT2D eigenvalue weighted by Gasteiger charge is 2.34. The monoisotopic (exact) mass is 254 g/mol. The number of ether oxygens (including phenoxy) is 1. The minimum absolute atomic E-state index is 0.377. The summed E-state index contributed by atoms with van der Waals surface area (Å²) in [5.74, 6) is -0.710. The van der Waals surface area contributed by atoms with Gasteiger partial charge in [-0.15, -0.1) is 0 Å². The van der Waals surface area contributed by atoms with Crippen LogP contribution in [0, 0.1) is 0 Å². The van der Waals surface area contributed by atoms with Crippen molar-refractivity contribution in [3.63, 3.8) is 0 Å². The lowest BCUT2D eigenvalue weighted by molar-refractivity contribution is -0.139. The topological polar surface area (TPSA) is 61.8 Å². The van der Waals surface area contributed by atoms with E-state index in [1.807, 2.05) is 0 Å². The van der Waals surface area contributed by atoms with Crippen molar-refractivity contribution in [2.75, 3.05) is 19.6 Å². The molecular formula is C13H22N2O3. The Labute approximate surface area is 107 Å². The molecule has 3 rings (SSSR count). The van der Waals surface area contributed by atoms with E-state index in [4.69, 9.17) is 4.74 Å². The van der Waals surface area contributed by atoms with Crippen molar-refractivity contribution in [2.24, 2.45) is 0 Å². The molecule has 5 nitrogen and oxygen atoms in total. The van der Waals surface area contributed by atoms with Gasteiger partial charge in [0.15, 0.2) is 0 Å². The molecule has 2 N–H and O–H groups in total. The molecule has 0 radical (unpaired) electrons. The highest BCUT2D eigenvalue weighted by Crippen LogP contribution is 2.26. The molecule has 5 heteroatoms. The minimum atomic E-state index is -0.710. The van der Waals surface area contributed by atoms with E-state index in [1.165, 1.54) is 12.8 Å². The zero-order valence-electron chi connectivity index (χ0n) is 10.7. The van der Waals surface area contributed by atoms with Crippen molar-refractivity contribution in [3.8, 4) is 0 Å². The molecule has 3 fully saturated rings. The average molecular weight is 254 g/mol. The number of aliphatic carboxylic acids is 1. The van der Waals surface area contributed by atoms with Crippen molar-refractivity contribution in [2.45, 2.75) is 56.4 Å². The molecular weight excluding hydrogens is 232 g/mol. The van der Waals surface area contributed by atoms with Gasteiger partial charge in [0.2, 0.25) is 0 Å². The standard InChI is InChI=1S/C13H22N2O3/c16-13(17)12(14-9-1-2-9)5-6-15-7-10-3-4-11(8-15)18-10/h9-12,14H,1-8H2,(H,16,17). The van der Waals surface area contributed by atoms with Crippen LogP contribution in [-0.4, -0.2) is 59.9 Å². The lowest BCUT2D eigenvalue weighted by Gasteiger charge is -2.32. The number of hydrogen-bond acceptors (Lipinski definition) is 4. The first-order valence-corrected chi connectivity index (χ1v) is 7.07.